The normalized spacial score (nSPS) is 9.08. The molecule has 13 heavy (non-hydrogen) atoms. The molecule has 0 spiro atoms. The molecule has 1 aromatic carbocycles. The molecule has 0 unspecified atom stereocenters. The Bertz CT molecular complexity index is 327. The van der Waals surface area contributed by atoms with E-state index >= 15 is 0 Å². The Hall–Kier alpha value is -1.46. The molecule has 68 valence electrons. The zero-order chi connectivity index (χ0) is 9.68. The largest absolute Gasteiger partial charge is 0.399 e. The van der Waals surface area contributed by atoms with E-state index in [4.69, 9.17) is 10.8 Å². The van der Waals surface area contributed by atoms with Crippen LogP contribution in [0.2, 0.25) is 0 Å². The fourth-order valence-corrected chi connectivity index (χ4v) is 1.11. The summed E-state index contributed by atoms with van der Waals surface area (Å²) >= 11 is 0. The molecule has 2 heteroatoms. The predicted molar refractivity (Wildman–Crippen MR) is 54.2 cm³/mol. The summed E-state index contributed by atoms with van der Waals surface area (Å²) in [7, 11) is 0. The van der Waals surface area contributed by atoms with Crippen LogP contribution in [0.5, 0.6) is 0 Å². The maximum absolute atomic E-state index is 8.53. The summed E-state index contributed by atoms with van der Waals surface area (Å²) in [5, 5.41) is 8.53. The Kier molecular flexibility index (Phi) is 3.36. The molecule has 0 saturated heterocycles. The van der Waals surface area contributed by atoms with Gasteiger partial charge in [0.25, 0.3) is 0 Å². The molecule has 1 rings (SSSR count). The van der Waals surface area contributed by atoms with Crippen molar-refractivity contribution >= 4 is 5.69 Å². The standard InChI is InChI=1S/C11H13NO/c1-9-6-10(4-2-3-5-13)8-11(12)7-9/h6-8,13H,3,5,12H2,1H3. The molecule has 0 aliphatic heterocycles. The first-order valence-electron chi connectivity index (χ1n) is 4.19. The predicted octanol–water partition coefficient (Wildman–Crippen LogP) is 1.31. The maximum Gasteiger partial charge on any atom is 0.0540 e. The molecule has 2 nitrogen and oxygen atoms in total. The van der Waals surface area contributed by atoms with Gasteiger partial charge >= 0.3 is 0 Å². The molecule has 0 radical (unpaired) electrons. The fourth-order valence-electron chi connectivity index (χ4n) is 1.11. The second-order valence-corrected chi connectivity index (χ2v) is 2.91. The van der Waals surface area contributed by atoms with Gasteiger partial charge in [0.1, 0.15) is 0 Å². The monoisotopic (exact) mass is 175 g/mol. The van der Waals surface area contributed by atoms with Crippen molar-refractivity contribution in [3.63, 3.8) is 0 Å². The molecule has 0 atom stereocenters. The van der Waals surface area contributed by atoms with Crippen molar-refractivity contribution in [1.29, 1.82) is 0 Å². The van der Waals surface area contributed by atoms with E-state index in [1.807, 2.05) is 25.1 Å². The molecule has 0 heterocycles. The van der Waals surface area contributed by atoms with Crippen LogP contribution in [-0.4, -0.2) is 11.7 Å². The third kappa shape index (κ3) is 3.18. The summed E-state index contributed by atoms with van der Waals surface area (Å²) in [6, 6.07) is 5.70. The minimum atomic E-state index is 0.105. The number of nitrogen functional groups attached to an aromatic ring is 1. The molecule has 0 aliphatic rings. The van der Waals surface area contributed by atoms with E-state index in [9.17, 15) is 0 Å². The van der Waals surface area contributed by atoms with Crippen molar-refractivity contribution in [2.75, 3.05) is 12.3 Å². The lowest BCUT2D eigenvalue weighted by atomic mass is 10.1. The summed E-state index contributed by atoms with van der Waals surface area (Å²) in [6.07, 6.45) is 0.508. The molecule has 1 aromatic rings. The van der Waals surface area contributed by atoms with Crippen molar-refractivity contribution in [2.45, 2.75) is 13.3 Å². The summed E-state index contributed by atoms with van der Waals surface area (Å²) < 4.78 is 0. The molecule has 3 N–H and O–H groups in total. The summed E-state index contributed by atoms with van der Waals surface area (Å²) in [6.45, 7) is 2.09. The highest BCUT2D eigenvalue weighted by Crippen LogP contribution is 2.09. The van der Waals surface area contributed by atoms with E-state index in [0.717, 1.165) is 16.8 Å². The molecular formula is C11H13NO. The highest BCUT2D eigenvalue weighted by atomic mass is 16.2. The Balaban J connectivity index is 2.85. The van der Waals surface area contributed by atoms with Gasteiger partial charge in [-0.25, -0.2) is 0 Å². The van der Waals surface area contributed by atoms with Gasteiger partial charge in [0.15, 0.2) is 0 Å². The van der Waals surface area contributed by atoms with Crippen LogP contribution in [0.25, 0.3) is 0 Å². The number of benzene rings is 1. The Morgan fingerprint density at radius 1 is 1.38 bits per heavy atom. The fraction of sp³-hybridized carbons (Fsp3) is 0.273. The topological polar surface area (TPSA) is 46.2 Å². The Labute approximate surface area is 78.4 Å². The van der Waals surface area contributed by atoms with E-state index in [1.165, 1.54) is 0 Å². The van der Waals surface area contributed by atoms with Crippen LogP contribution in [0, 0.1) is 18.8 Å². The van der Waals surface area contributed by atoms with Crippen LogP contribution in [0.15, 0.2) is 18.2 Å². The number of aliphatic hydroxyl groups excluding tert-OH is 1. The molecule has 0 fully saturated rings. The molecule has 0 saturated carbocycles. The number of aryl methyl sites for hydroxylation is 1. The number of hydrogen-bond donors (Lipinski definition) is 2. The van der Waals surface area contributed by atoms with Crippen molar-refractivity contribution in [3.8, 4) is 11.8 Å². The van der Waals surface area contributed by atoms with Crippen LogP contribution in [0.3, 0.4) is 0 Å². The number of anilines is 1. The SMILES string of the molecule is Cc1cc(N)cc(C#CCCO)c1. The summed E-state index contributed by atoms with van der Waals surface area (Å²) in [4.78, 5) is 0. The third-order valence-electron chi connectivity index (χ3n) is 1.57. The zero-order valence-corrected chi connectivity index (χ0v) is 7.67. The van der Waals surface area contributed by atoms with E-state index in [1.54, 1.807) is 0 Å². The first-order chi connectivity index (χ1) is 6.22. The van der Waals surface area contributed by atoms with Crippen LogP contribution in [0.4, 0.5) is 5.69 Å². The number of hydrogen-bond acceptors (Lipinski definition) is 2. The Morgan fingerprint density at radius 2 is 2.15 bits per heavy atom. The smallest absolute Gasteiger partial charge is 0.0540 e. The van der Waals surface area contributed by atoms with Crippen LogP contribution >= 0.6 is 0 Å². The van der Waals surface area contributed by atoms with Gasteiger partial charge in [-0.15, -0.1) is 0 Å². The van der Waals surface area contributed by atoms with Gasteiger partial charge in [0.05, 0.1) is 6.61 Å². The first-order valence-corrected chi connectivity index (χ1v) is 4.19. The zero-order valence-electron chi connectivity index (χ0n) is 7.67. The van der Waals surface area contributed by atoms with Crippen molar-refractivity contribution in [1.82, 2.24) is 0 Å². The van der Waals surface area contributed by atoms with Gasteiger partial charge in [-0.2, -0.15) is 0 Å². The average molecular weight is 175 g/mol. The highest BCUT2D eigenvalue weighted by Gasteiger charge is 1.91. The number of aliphatic hydroxyl groups is 1. The minimum absolute atomic E-state index is 0.105. The lowest BCUT2D eigenvalue weighted by Crippen LogP contribution is -1.87. The molecule has 0 amide bonds. The van der Waals surface area contributed by atoms with Crippen LogP contribution in [0.1, 0.15) is 17.5 Å². The van der Waals surface area contributed by atoms with E-state index in [2.05, 4.69) is 11.8 Å². The summed E-state index contributed by atoms with van der Waals surface area (Å²) in [5.74, 6) is 5.79. The molecular weight excluding hydrogens is 162 g/mol. The van der Waals surface area contributed by atoms with Gasteiger partial charge in [-0.1, -0.05) is 11.8 Å². The number of nitrogens with two attached hydrogens (primary N) is 1. The van der Waals surface area contributed by atoms with Crippen molar-refractivity contribution in [3.05, 3.63) is 29.3 Å². The second-order valence-electron chi connectivity index (χ2n) is 2.91. The molecule has 0 bridgehead atoms. The van der Waals surface area contributed by atoms with E-state index < -0.39 is 0 Å². The quantitative estimate of drug-likeness (QED) is 0.499. The van der Waals surface area contributed by atoms with Crippen LogP contribution < -0.4 is 5.73 Å². The maximum atomic E-state index is 8.53. The van der Waals surface area contributed by atoms with Gasteiger partial charge < -0.3 is 10.8 Å². The van der Waals surface area contributed by atoms with E-state index in [0.29, 0.717) is 6.42 Å². The van der Waals surface area contributed by atoms with Gasteiger partial charge in [-0.3, -0.25) is 0 Å². The Morgan fingerprint density at radius 3 is 2.77 bits per heavy atom. The summed E-state index contributed by atoms with van der Waals surface area (Å²) in [5.41, 5.74) is 8.39. The third-order valence-corrected chi connectivity index (χ3v) is 1.57. The lowest BCUT2D eigenvalue weighted by molar-refractivity contribution is 0.305. The first kappa shape index (κ1) is 9.63. The molecule has 0 aliphatic carbocycles. The average Bonchev–Trinajstić information content (AvgIpc) is 2.03. The van der Waals surface area contributed by atoms with Crippen molar-refractivity contribution in [2.24, 2.45) is 0 Å². The van der Waals surface area contributed by atoms with Gasteiger partial charge in [0.2, 0.25) is 0 Å². The van der Waals surface area contributed by atoms with Crippen LogP contribution in [-0.2, 0) is 0 Å². The lowest BCUT2D eigenvalue weighted by Gasteiger charge is -1.97. The second kappa shape index (κ2) is 4.54. The van der Waals surface area contributed by atoms with Crippen molar-refractivity contribution < 1.29 is 5.11 Å². The highest BCUT2D eigenvalue weighted by molar-refractivity contribution is 5.49. The molecule has 0 aromatic heterocycles. The van der Waals surface area contributed by atoms with E-state index in [-0.39, 0.29) is 6.61 Å². The number of rotatable bonds is 1. The minimum Gasteiger partial charge on any atom is -0.399 e. The van der Waals surface area contributed by atoms with Gasteiger partial charge in [-0.05, 0) is 30.7 Å². The van der Waals surface area contributed by atoms with Gasteiger partial charge in [0, 0.05) is 17.7 Å².